The third-order valence-electron chi connectivity index (χ3n) is 4.05. The van der Waals surface area contributed by atoms with E-state index >= 15 is 0 Å². The summed E-state index contributed by atoms with van der Waals surface area (Å²) in [6.07, 6.45) is 1.52. The van der Waals surface area contributed by atoms with Crippen LogP contribution in [0.2, 0.25) is 0 Å². The summed E-state index contributed by atoms with van der Waals surface area (Å²) in [5.74, 6) is -1.57. The fourth-order valence-electron chi connectivity index (χ4n) is 2.27. The number of hydrogen-bond donors (Lipinski definition) is 3. The average molecular weight is 285 g/mol. The van der Waals surface area contributed by atoms with E-state index in [4.69, 9.17) is 5.73 Å². The Morgan fingerprint density at radius 1 is 1.40 bits per heavy atom. The van der Waals surface area contributed by atoms with Crippen LogP contribution in [0.4, 0.5) is 4.79 Å². The summed E-state index contributed by atoms with van der Waals surface area (Å²) in [5.41, 5.74) is 4.22. The van der Waals surface area contributed by atoms with Crippen molar-refractivity contribution in [1.82, 2.24) is 10.2 Å². The fourth-order valence-corrected chi connectivity index (χ4v) is 2.27. The van der Waals surface area contributed by atoms with Crippen LogP contribution in [-0.4, -0.2) is 47.0 Å². The molecule has 3 amide bonds. The standard InChI is InChI=1S/C13H23N3O4/c1-8(10(14)17)15-12(20)16-6-4-5-9(7-16)13(2,3)11(18)19/h8-9H,4-7H2,1-3H3,(H2,14,17)(H,15,20)(H,18,19). The number of primary amides is 1. The lowest BCUT2D eigenvalue weighted by Gasteiger charge is -2.39. The van der Waals surface area contributed by atoms with Gasteiger partial charge in [-0.2, -0.15) is 0 Å². The van der Waals surface area contributed by atoms with Gasteiger partial charge in [0.25, 0.3) is 0 Å². The molecule has 0 aromatic rings. The Labute approximate surface area is 118 Å². The van der Waals surface area contributed by atoms with Crippen LogP contribution in [0.1, 0.15) is 33.6 Å². The van der Waals surface area contributed by atoms with E-state index < -0.39 is 23.3 Å². The van der Waals surface area contributed by atoms with Gasteiger partial charge in [0.05, 0.1) is 5.41 Å². The maximum atomic E-state index is 12.0. The molecule has 1 aliphatic heterocycles. The highest BCUT2D eigenvalue weighted by Crippen LogP contribution is 2.34. The van der Waals surface area contributed by atoms with E-state index in [2.05, 4.69) is 5.32 Å². The van der Waals surface area contributed by atoms with Crippen molar-refractivity contribution in [2.75, 3.05) is 13.1 Å². The van der Waals surface area contributed by atoms with E-state index in [-0.39, 0.29) is 11.9 Å². The molecule has 0 aromatic carbocycles. The van der Waals surface area contributed by atoms with Crippen LogP contribution in [-0.2, 0) is 9.59 Å². The molecule has 1 rings (SSSR count). The lowest BCUT2D eigenvalue weighted by molar-refractivity contribution is -0.151. The van der Waals surface area contributed by atoms with Crippen molar-refractivity contribution < 1.29 is 19.5 Å². The van der Waals surface area contributed by atoms with E-state index in [1.807, 2.05) is 0 Å². The topological polar surface area (TPSA) is 113 Å². The zero-order valence-electron chi connectivity index (χ0n) is 12.2. The van der Waals surface area contributed by atoms with Gasteiger partial charge in [0.2, 0.25) is 5.91 Å². The van der Waals surface area contributed by atoms with E-state index in [1.54, 1.807) is 18.7 Å². The Balaban J connectivity index is 2.67. The molecule has 20 heavy (non-hydrogen) atoms. The minimum atomic E-state index is -0.881. The number of amides is 3. The molecule has 0 aliphatic carbocycles. The smallest absolute Gasteiger partial charge is 0.318 e. The number of carboxylic acid groups (broad SMARTS) is 1. The normalized spacial score (nSPS) is 21.1. The van der Waals surface area contributed by atoms with Gasteiger partial charge < -0.3 is 21.1 Å². The second-order valence-corrected chi connectivity index (χ2v) is 5.89. The summed E-state index contributed by atoms with van der Waals surface area (Å²) in [7, 11) is 0. The molecule has 0 bridgehead atoms. The van der Waals surface area contributed by atoms with Crippen LogP contribution in [0.3, 0.4) is 0 Å². The van der Waals surface area contributed by atoms with Gasteiger partial charge in [-0.05, 0) is 39.5 Å². The Kier molecular flexibility index (Phi) is 4.97. The van der Waals surface area contributed by atoms with Gasteiger partial charge in [-0.3, -0.25) is 9.59 Å². The lowest BCUT2D eigenvalue weighted by Crippen LogP contribution is -2.53. The second kappa shape index (κ2) is 6.11. The summed E-state index contributed by atoms with van der Waals surface area (Å²) in [5, 5.41) is 11.8. The first-order valence-electron chi connectivity index (χ1n) is 6.74. The maximum absolute atomic E-state index is 12.0. The van der Waals surface area contributed by atoms with E-state index in [0.29, 0.717) is 13.1 Å². The van der Waals surface area contributed by atoms with E-state index in [1.165, 1.54) is 6.92 Å². The molecular formula is C13H23N3O4. The van der Waals surface area contributed by atoms with Gasteiger partial charge in [0.15, 0.2) is 0 Å². The largest absolute Gasteiger partial charge is 0.481 e. The molecule has 7 heteroatoms. The zero-order valence-corrected chi connectivity index (χ0v) is 12.2. The highest BCUT2D eigenvalue weighted by molar-refractivity contribution is 5.85. The number of hydrogen-bond acceptors (Lipinski definition) is 3. The number of nitrogens with two attached hydrogens (primary N) is 1. The van der Waals surface area contributed by atoms with Gasteiger partial charge in [-0.15, -0.1) is 0 Å². The predicted octanol–water partition coefficient (Wildman–Crippen LogP) is 0.393. The first-order chi connectivity index (χ1) is 9.16. The van der Waals surface area contributed by atoms with E-state index in [9.17, 15) is 19.5 Å². The number of likely N-dealkylation sites (tertiary alicyclic amines) is 1. The monoisotopic (exact) mass is 285 g/mol. The molecule has 4 N–H and O–H groups in total. The SMILES string of the molecule is CC(NC(=O)N1CCCC(C(C)(C)C(=O)O)C1)C(N)=O. The molecule has 1 saturated heterocycles. The van der Waals surface area contributed by atoms with Gasteiger partial charge in [-0.25, -0.2) is 4.79 Å². The highest BCUT2D eigenvalue weighted by Gasteiger charge is 2.40. The highest BCUT2D eigenvalue weighted by atomic mass is 16.4. The Morgan fingerprint density at radius 2 is 2.00 bits per heavy atom. The van der Waals surface area contributed by atoms with Crippen LogP contribution < -0.4 is 11.1 Å². The Hall–Kier alpha value is -1.79. The number of nitrogens with one attached hydrogen (secondary N) is 1. The van der Waals surface area contributed by atoms with Crippen molar-refractivity contribution in [3.05, 3.63) is 0 Å². The molecule has 0 aromatic heterocycles. The summed E-state index contributed by atoms with van der Waals surface area (Å²) in [6.45, 7) is 5.80. The van der Waals surface area contributed by atoms with Crippen molar-refractivity contribution in [3.63, 3.8) is 0 Å². The molecule has 2 unspecified atom stereocenters. The predicted molar refractivity (Wildman–Crippen MR) is 72.9 cm³/mol. The molecule has 2 atom stereocenters. The summed E-state index contributed by atoms with van der Waals surface area (Å²) in [6, 6.07) is -1.11. The second-order valence-electron chi connectivity index (χ2n) is 5.89. The van der Waals surface area contributed by atoms with Crippen molar-refractivity contribution >= 4 is 17.9 Å². The number of urea groups is 1. The third kappa shape index (κ3) is 3.61. The number of nitrogens with zero attached hydrogens (tertiary/aromatic N) is 1. The van der Waals surface area contributed by atoms with Crippen molar-refractivity contribution in [1.29, 1.82) is 0 Å². The van der Waals surface area contributed by atoms with Crippen molar-refractivity contribution in [2.45, 2.75) is 39.7 Å². The summed E-state index contributed by atoms with van der Waals surface area (Å²) < 4.78 is 0. The lowest BCUT2D eigenvalue weighted by atomic mass is 9.74. The Bertz CT molecular complexity index is 408. The molecule has 114 valence electrons. The summed E-state index contributed by atoms with van der Waals surface area (Å²) >= 11 is 0. The quantitative estimate of drug-likeness (QED) is 0.693. The first kappa shape index (κ1) is 16.3. The molecule has 1 heterocycles. The van der Waals surface area contributed by atoms with Gasteiger partial charge in [0, 0.05) is 13.1 Å². The number of rotatable bonds is 4. The van der Waals surface area contributed by atoms with Crippen LogP contribution in [0.25, 0.3) is 0 Å². The van der Waals surface area contributed by atoms with Gasteiger partial charge in [0.1, 0.15) is 6.04 Å². The molecule has 0 saturated carbocycles. The zero-order chi connectivity index (χ0) is 15.5. The number of carboxylic acids is 1. The average Bonchev–Trinajstić information content (AvgIpc) is 2.38. The number of aliphatic carboxylic acids is 1. The van der Waals surface area contributed by atoms with Crippen LogP contribution in [0.5, 0.6) is 0 Å². The summed E-state index contributed by atoms with van der Waals surface area (Å²) in [4.78, 5) is 35.8. The molecule has 0 spiro atoms. The van der Waals surface area contributed by atoms with Gasteiger partial charge in [-0.1, -0.05) is 0 Å². The molecule has 1 aliphatic rings. The molecule has 1 fully saturated rings. The van der Waals surface area contributed by atoms with Crippen molar-refractivity contribution in [3.8, 4) is 0 Å². The molecule has 0 radical (unpaired) electrons. The van der Waals surface area contributed by atoms with E-state index in [0.717, 1.165) is 12.8 Å². The molecule has 7 nitrogen and oxygen atoms in total. The Morgan fingerprint density at radius 3 is 2.50 bits per heavy atom. The van der Waals surface area contributed by atoms with Gasteiger partial charge >= 0.3 is 12.0 Å². The third-order valence-corrected chi connectivity index (χ3v) is 4.05. The first-order valence-corrected chi connectivity index (χ1v) is 6.74. The molecular weight excluding hydrogens is 262 g/mol. The fraction of sp³-hybridized carbons (Fsp3) is 0.769. The number of piperidine rings is 1. The number of carbonyl (C=O) groups is 3. The van der Waals surface area contributed by atoms with Crippen LogP contribution in [0.15, 0.2) is 0 Å². The van der Waals surface area contributed by atoms with Crippen LogP contribution >= 0.6 is 0 Å². The maximum Gasteiger partial charge on any atom is 0.318 e. The van der Waals surface area contributed by atoms with Crippen molar-refractivity contribution in [2.24, 2.45) is 17.1 Å². The van der Waals surface area contributed by atoms with Crippen LogP contribution in [0, 0.1) is 11.3 Å². The minimum Gasteiger partial charge on any atom is -0.481 e. The minimum absolute atomic E-state index is 0.108. The number of carbonyl (C=O) groups excluding carboxylic acids is 2.